The summed E-state index contributed by atoms with van der Waals surface area (Å²) >= 11 is 0. The molecule has 5 nitrogen and oxygen atoms in total. The molecule has 1 saturated heterocycles. The van der Waals surface area contributed by atoms with Crippen molar-refractivity contribution in [1.82, 2.24) is 15.5 Å². The zero-order chi connectivity index (χ0) is 11.5. The number of hydrogen-bond acceptors (Lipinski definition) is 3. The van der Waals surface area contributed by atoms with Crippen LogP contribution in [0.3, 0.4) is 0 Å². The topological polar surface area (TPSA) is 69.8 Å². The maximum absolute atomic E-state index is 12.0. The van der Waals surface area contributed by atoms with Gasteiger partial charge in [-0.25, -0.2) is 0 Å². The van der Waals surface area contributed by atoms with Crippen molar-refractivity contribution in [1.29, 1.82) is 0 Å². The highest BCUT2D eigenvalue weighted by atomic mass is 16.2. The number of aromatic nitrogens is 2. The highest BCUT2D eigenvalue weighted by Gasteiger charge is 2.21. The highest BCUT2D eigenvalue weighted by molar-refractivity contribution is 5.95. The van der Waals surface area contributed by atoms with Crippen LogP contribution in [0.15, 0.2) is 0 Å². The number of amides is 1. The number of anilines is 1. The molecule has 0 aliphatic carbocycles. The number of H-pyrrole nitrogens is 1. The standard InChI is InChI=1S/C11H18N4O/c1-7-10(8(2)15-14-7)13-11(16)9-5-3-4-6-12-9/h9,12H,3-6H2,1-2H3,(H,13,16)(H,14,15)/t9-/m0/s1. The Labute approximate surface area is 95.0 Å². The van der Waals surface area contributed by atoms with Crippen molar-refractivity contribution in [2.24, 2.45) is 0 Å². The quantitative estimate of drug-likeness (QED) is 0.702. The van der Waals surface area contributed by atoms with Crippen LogP contribution in [0.2, 0.25) is 0 Å². The second kappa shape index (κ2) is 4.65. The van der Waals surface area contributed by atoms with E-state index in [1.54, 1.807) is 0 Å². The first-order valence-corrected chi connectivity index (χ1v) is 5.74. The van der Waals surface area contributed by atoms with Crippen LogP contribution in [0.4, 0.5) is 5.69 Å². The second-order valence-electron chi connectivity index (χ2n) is 4.30. The molecule has 0 saturated carbocycles. The third-order valence-electron chi connectivity index (χ3n) is 3.00. The second-order valence-corrected chi connectivity index (χ2v) is 4.30. The Morgan fingerprint density at radius 3 is 2.81 bits per heavy atom. The molecule has 1 aromatic heterocycles. The Hall–Kier alpha value is -1.36. The molecule has 88 valence electrons. The first-order chi connectivity index (χ1) is 7.68. The largest absolute Gasteiger partial charge is 0.322 e. The molecule has 0 radical (unpaired) electrons. The van der Waals surface area contributed by atoms with Crippen LogP contribution in [0.1, 0.15) is 30.7 Å². The number of hydrogen-bond donors (Lipinski definition) is 3. The van der Waals surface area contributed by atoms with Crippen molar-refractivity contribution in [3.8, 4) is 0 Å². The average Bonchev–Trinajstić information content (AvgIpc) is 2.62. The highest BCUT2D eigenvalue weighted by Crippen LogP contribution is 2.17. The molecule has 3 N–H and O–H groups in total. The lowest BCUT2D eigenvalue weighted by Gasteiger charge is -2.22. The van der Waals surface area contributed by atoms with Crippen molar-refractivity contribution >= 4 is 11.6 Å². The van der Waals surface area contributed by atoms with E-state index in [0.717, 1.165) is 42.9 Å². The van der Waals surface area contributed by atoms with E-state index in [9.17, 15) is 4.79 Å². The van der Waals surface area contributed by atoms with Gasteiger partial charge in [-0.1, -0.05) is 6.42 Å². The lowest BCUT2D eigenvalue weighted by atomic mass is 10.0. The van der Waals surface area contributed by atoms with Crippen LogP contribution < -0.4 is 10.6 Å². The van der Waals surface area contributed by atoms with Crippen LogP contribution in [0.25, 0.3) is 0 Å². The van der Waals surface area contributed by atoms with E-state index in [2.05, 4.69) is 20.8 Å². The number of piperidine rings is 1. The summed E-state index contributed by atoms with van der Waals surface area (Å²) in [4.78, 5) is 12.0. The molecule has 2 heterocycles. The Morgan fingerprint density at radius 1 is 1.44 bits per heavy atom. The number of rotatable bonds is 2. The van der Waals surface area contributed by atoms with Crippen LogP contribution in [0.5, 0.6) is 0 Å². The van der Waals surface area contributed by atoms with Gasteiger partial charge >= 0.3 is 0 Å². The summed E-state index contributed by atoms with van der Waals surface area (Å²) in [6, 6.07) is -0.0533. The van der Waals surface area contributed by atoms with Crippen LogP contribution in [-0.2, 0) is 4.79 Å². The third kappa shape index (κ3) is 2.24. The Morgan fingerprint density at radius 2 is 2.25 bits per heavy atom. The van der Waals surface area contributed by atoms with Gasteiger partial charge in [0.2, 0.25) is 5.91 Å². The van der Waals surface area contributed by atoms with Gasteiger partial charge in [0.25, 0.3) is 0 Å². The molecule has 1 atom stereocenters. The van der Waals surface area contributed by atoms with E-state index in [1.807, 2.05) is 13.8 Å². The number of nitrogens with zero attached hydrogens (tertiary/aromatic N) is 1. The van der Waals surface area contributed by atoms with Crippen molar-refractivity contribution in [3.63, 3.8) is 0 Å². The predicted octanol–water partition coefficient (Wildman–Crippen LogP) is 1.11. The Bertz CT molecular complexity index is 360. The minimum atomic E-state index is -0.0533. The van der Waals surface area contributed by atoms with Crippen molar-refractivity contribution in [3.05, 3.63) is 11.4 Å². The summed E-state index contributed by atoms with van der Waals surface area (Å²) in [5, 5.41) is 13.1. The normalized spacial score (nSPS) is 20.8. The van der Waals surface area contributed by atoms with Crippen LogP contribution in [-0.4, -0.2) is 28.7 Å². The number of aryl methyl sites for hydroxylation is 2. The minimum absolute atomic E-state index is 0.0484. The molecule has 0 bridgehead atoms. The molecule has 1 aliphatic heterocycles. The van der Waals surface area contributed by atoms with Gasteiger partial charge in [0.15, 0.2) is 0 Å². The number of carbonyl (C=O) groups excluding carboxylic acids is 1. The van der Waals surface area contributed by atoms with Gasteiger partial charge in [-0.2, -0.15) is 5.10 Å². The number of nitrogens with one attached hydrogen (secondary N) is 3. The van der Waals surface area contributed by atoms with E-state index in [0.29, 0.717) is 0 Å². The molecular weight excluding hydrogens is 204 g/mol. The molecule has 1 amide bonds. The van der Waals surface area contributed by atoms with E-state index in [-0.39, 0.29) is 11.9 Å². The fourth-order valence-corrected chi connectivity index (χ4v) is 2.02. The summed E-state index contributed by atoms with van der Waals surface area (Å²) in [6.45, 7) is 4.72. The Kier molecular flexibility index (Phi) is 3.24. The van der Waals surface area contributed by atoms with E-state index in [1.165, 1.54) is 0 Å². The van der Waals surface area contributed by atoms with E-state index < -0.39 is 0 Å². The molecule has 0 unspecified atom stereocenters. The Balaban J connectivity index is 2.01. The van der Waals surface area contributed by atoms with Gasteiger partial charge in [-0.05, 0) is 33.2 Å². The van der Waals surface area contributed by atoms with Crippen molar-refractivity contribution < 1.29 is 4.79 Å². The summed E-state index contributed by atoms with van der Waals surface area (Å²) < 4.78 is 0. The smallest absolute Gasteiger partial charge is 0.241 e. The molecule has 16 heavy (non-hydrogen) atoms. The van der Waals surface area contributed by atoms with Crippen LogP contribution in [0, 0.1) is 13.8 Å². The van der Waals surface area contributed by atoms with E-state index >= 15 is 0 Å². The molecular formula is C11H18N4O. The number of carbonyl (C=O) groups is 1. The minimum Gasteiger partial charge on any atom is -0.322 e. The first-order valence-electron chi connectivity index (χ1n) is 5.74. The molecule has 0 aromatic carbocycles. The molecule has 2 rings (SSSR count). The van der Waals surface area contributed by atoms with E-state index in [4.69, 9.17) is 0 Å². The maximum atomic E-state index is 12.0. The average molecular weight is 222 g/mol. The molecule has 0 spiro atoms. The summed E-state index contributed by atoms with van der Waals surface area (Å²) in [6.07, 6.45) is 3.20. The SMILES string of the molecule is Cc1n[nH]c(C)c1NC(=O)[C@@H]1CCCCN1. The molecule has 1 aromatic rings. The maximum Gasteiger partial charge on any atom is 0.241 e. The van der Waals surface area contributed by atoms with Gasteiger partial charge in [0.1, 0.15) is 0 Å². The summed E-state index contributed by atoms with van der Waals surface area (Å²) in [7, 11) is 0. The lowest BCUT2D eigenvalue weighted by molar-refractivity contribution is -0.118. The van der Waals surface area contributed by atoms with Gasteiger partial charge < -0.3 is 10.6 Å². The zero-order valence-corrected chi connectivity index (χ0v) is 9.76. The lowest BCUT2D eigenvalue weighted by Crippen LogP contribution is -2.43. The van der Waals surface area contributed by atoms with Gasteiger partial charge in [-0.15, -0.1) is 0 Å². The van der Waals surface area contributed by atoms with Gasteiger partial charge in [-0.3, -0.25) is 9.89 Å². The van der Waals surface area contributed by atoms with Crippen molar-refractivity contribution in [2.75, 3.05) is 11.9 Å². The fraction of sp³-hybridized carbons (Fsp3) is 0.636. The number of aromatic amines is 1. The molecule has 1 fully saturated rings. The predicted molar refractivity (Wildman–Crippen MR) is 62.3 cm³/mol. The zero-order valence-electron chi connectivity index (χ0n) is 9.76. The van der Waals surface area contributed by atoms with Crippen LogP contribution >= 0.6 is 0 Å². The van der Waals surface area contributed by atoms with Gasteiger partial charge in [0.05, 0.1) is 23.1 Å². The molecule has 1 aliphatic rings. The first kappa shape index (κ1) is 11.1. The fourth-order valence-electron chi connectivity index (χ4n) is 2.02. The molecule has 5 heteroatoms. The van der Waals surface area contributed by atoms with Crippen molar-refractivity contribution in [2.45, 2.75) is 39.2 Å². The third-order valence-corrected chi connectivity index (χ3v) is 3.00. The summed E-state index contributed by atoms with van der Waals surface area (Å²) in [5.41, 5.74) is 2.56. The summed E-state index contributed by atoms with van der Waals surface area (Å²) in [5.74, 6) is 0.0484. The van der Waals surface area contributed by atoms with Gasteiger partial charge in [0, 0.05) is 0 Å². The monoisotopic (exact) mass is 222 g/mol.